The number of hydrogen-bond acceptors (Lipinski definition) is 3. The number of ether oxygens (including phenoxy) is 1. The molecule has 0 spiro atoms. The van der Waals surface area contributed by atoms with Gasteiger partial charge in [0.2, 0.25) is 0 Å². The smallest absolute Gasteiger partial charge is 0.418 e. The van der Waals surface area contributed by atoms with Gasteiger partial charge in [-0.2, -0.15) is 0 Å². The second-order valence-corrected chi connectivity index (χ2v) is 5.27. The molecule has 0 amide bonds. The zero-order chi connectivity index (χ0) is 11.9. The van der Waals surface area contributed by atoms with Crippen molar-refractivity contribution in [3.63, 3.8) is 0 Å². The summed E-state index contributed by atoms with van der Waals surface area (Å²) in [5.41, 5.74) is 7.70. The molecule has 1 aliphatic carbocycles. The van der Waals surface area contributed by atoms with Gasteiger partial charge in [0.1, 0.15) is 5.60 Å². The maximum absolute atomic E-state index is 11.8. The molecule has 1 aliphatic rings. The Balaban J connectivity index is 2.17. The lowest BCUT2D eigenvalue weighted by molar-refractivity contribution is 0.0537. The van der Waals surface area contributed by atoms with E-state index in [1.807, 2.05) is 27.0 Å². The Morgan fingerprint density at radius 1 is 1.50 bits per heavy atom. The van der Waals surface area contributed by atoms with Gasteiger partial charge in [0.15, 0.2) is 0 Å². The molecule has 4 nitrogen and oxygen atoms in total. The number of carbonyl (C=O) groups is 1. The summed E-state index contributed by atoms with van der Waals surface area (Å²) in [6.45, 7) is 5.56. The van der Waals surface area contributed by atoms with E-state index in [-0.39, 0.29) is 12.1 Å². The third-order valence-corrected chi connectivity index (χ3v) is 2.67. The van der Waals surface area contributed by atoms with Gasteiger partial charge >= 0.3 is 6.09 Å². The number of nitrogens with two attached hydrogens (primary N) is 1. The minimum absolute atomic E-state index is 0.0682. The molecule has 1 unspecified atom stereocenters. The predicted octanol–water partition coefficient (Wildman–Crippen LogP) is 2.22. The van der Waals surface area contributed by atoms with Gasteiger partial charge in [0, 0.05) is 18.4 Å². The van der Waals surface area contributed by atoms with Crippen molar-refractivity contribution < 1.29 is 9.53 Å². The minimum Gasteiger partial charge on any atom is -0.443 e. The lowest BCUT2D eigenvalue weighted by Gasteiger charge is -2.19. The molecular weight excluding hydrogens is 204 g/mol. The van der Waals surface area contributed by atoms with E-state index in [0.717, 1.165) is 18.4 Å². The van der Waals surface area contributed by atoms with Crippen molar-refractivity contribution >= 4 is 6.09 Å². The van der Waals surface area contributed by atoms with E-state index in [9.17, 15) is 4.79 Å². The number of carbonyl (C=O) groups excluding carboxylic acids is 1. The molecule has 0 bridgehead atoms. The molecule has 0 saturated carbocycles. The summed E-state index contributed by atoms with van der Waals surface area (Å²) in [7, 11) is 0. The van der Waals surface area contributed by atoms with Crippen LogP contribution < -0.4 is 5.73 Å². The SMILES string of the molecule is CC(C)(C)OC(=O)n1cc2c(c1)C(N)CC2. The lowest BCUT2D eigenvalue weighted by atomic mass is 10.2. The highest BCUT2D eigenvalue weighted by molar-refractivity contribution is 5.71. The molecule has 2 rings (SSSR count). The normalized spacial score (nSPS) is 19.6. The van der Waals surface area contributed by atoms with Crippen molar-refractivity contribution in [2.45, 2.75) is 45.3 Å². The number of nitrogens with zero attached hydrogens (tertiary/aromatic N) is 1. The maximum atomic E-state index is 11.8. The average molecular weight is 222 g/mol. The van der Waals surface area contributed by atoms with Gasteiger partial charge in [-0.3, -0.25) is 4.57 Å². The first kappa shape index (κ1) is 11.2. The van der Waals surface area contributed by atoms with Crippen molar-refractivity contribution in [1.82, 2.24) is 4.57 Å². The van der Waals surface area contributed by atoms with Gasteiger partial charge in [-0.25, -0.2) is 4.79 Å². The third-order valence-electron chi connectivity index (χ3n) is 2.67. The molecule has 4 heteroatoms. The van der Waals surface area contributed by atoms with E-state index in [4.69, 9.17) is 10.5 Å². The molecule has 0 aromatic carbocycles. The van der Waals surface area contributed by atoms with Gasteiger partial charge < -0.3 is 10.5 Å². The summed E-state index contributed by atoms with van der Waals surface area (Å²) in [4.78, 5) is 11.8. The molecule has 1 aromatic rings. The summed E-state index contributed by atoms with van der Waals surface area (Å²) >= 11 is 0. The van der Waals surface area contributed by atoms with Crippen LogP contribution in [0, 0.1) is 0 Å². The Kier molecular flexibility index (Phi) is 2.54. The number of aryl methyl sites for hydroxylation is 1. The van der Waals surface area contributed by atoms with Crippen LogP contribution in [0.25, 0.3) is 0 Å². The summed E-state index contributed by atoms with van der Waals surface area (Å²) in [5.74, 6) is 0. The first-order chi connectivity index (χ1) is 7.37. The highest BCUT2D eigenvalue weighted by Gasteiger charge is 2.24. The van der Waals surface area contributed by atoms with Crippen LogP contribution in [0.5, 0.6) is 0 Å². The zero-order valence-electron chi connectivity index (χ0n) is 9.99. The van der Waals surface area contributed by atoms with Gasteiger partial charge in [0.05, 0.1) is 0 Å². The number of fused-ring (bicyclic) bond motifs is 1. The van der Waals surface area contributed by atoms with Crippen molar-refractivity contribution in [2.24, 2.45) is 5.73 Å². The van der Waals surface area contributed by atoms with E-state index in [2.05, 4.69) is 0 Å². The highest BCUT2D eigenvalue weighted by Crippen LogP contribution is 2.30. The van der Waals surface area contributed by atoms with Crippen molar-refractivity contribution in [3.8, 4) is 0 Å². The Labute approximate surface area is 95.4 Å². The lowest BCUT2D eigenvalue weighted by Crippen LogP contribution is -2.26. The van der Waals surface area contributed by atoms with E-state index in [0.29, 0.717) is 0 Å². The summed E-state index contributed by atoms with van der Waals surface area (Å²) in [6, 6.07) is 0.0682. The number of hydrogen-bond donors (Lipinski definition) is 1. The van der Waals surface area contributed by atoms with Crippen LogP contribution in [0.2, 0.25) is 0 Å². The van der Waals surface area contributed by atoms with Crippen LogP contribution in [0.4, 0.5) is 4.79 Å². The Morgan fingerprint density at radius 3 is 2.75 bits per heavy atom. The fraction of sp³-hybridized carbons (Fsp3) is 0.583. The first-order valence-corrected chi connectivity index (χ1v) is 5.56. The fourth-order valence-corrected chi connectivity index (χ4v) is 1.94. The third kappa shape index (κ3) is 2.11. The summed E-state index contributed by atoms with van der Waals surface area (Å²) in [5, 5.41) is 0. The van der Waals surface area contributed by atoms with Gasteiger partial charge in [-0.05, 0) is 44.7 Å². The number of aromatic nitrogens is 1. The molecule has 1 atom stereocenters. The van der Waals surface area contributed by atoms with Crippen molar-refractivity contribution in [3.05, 3.63) is 23.5 Å². The molecular formula is C12H18N2O2. The molecule has 88 valence electrons. The maximum Gasteiger partial charge on any atom is 0.418 e. The largest absolute Gasteiger partial charge is 0.443 e. The van der Waals surface area contributed by atoms with Gasteiger partial charge in [-0.1, -0.05) is 0 Å². The van der Waals surface area contributed by atoms with Crippen molar-refractivity contribution in [1.29, 1.82) is 0 Å². The summed E-state index contributed by atoms with van der Waals surface area (Å²) in [6.07, 6.45) is 5.21. The molecule has 0 fully saturated rings. The monoisotopic (exact) mass is 222 g/mol. The molecule has 1 aromatic heterocycles. The molecule has 0 aliphatic heterocycles. The molecule has 1 heterocycles. The van der Waals surface area contributed by atoms with Crippen LogP contribution >= 0.6 is 0 Å². The topological polar surface area (TPSA) is 57.2 Å². The summed E-state index contributed by atoms with van der Waals surface area (Å²) < 4.78 is 6.77. The van der Waals surface area contributed by atoms with Gasteiger partial charge in [-0.15, -0.1) is 0 Å². The Morgan fingerprint density at radius 2 is 2.19 bits per heavy atom. The minimum atomic E-state index is -0.464. The quantitative estimate of drug-likeness (QED) is 0.732. The fourth-order valence-electron chi connectivity index (χ4n) is 1.94. The molecule has 2 N–H and O–H groups in total. The second-order valence-electron chi connectivity index (χ2n) is 5.27. The second kappa shape index (κ2) is 3.63. The van der Waals surface area contributed by atoms with Crippen LogP contribution in [0.3, 0.4) is 0 Å². The average Bonchev–Trinajstić information content (AvgIpc) is 2.65. The molecule has 0 saturated heterocycles. The molecule has 0 radical (unpaired) electrons. The highest BCUT2D eigenvalue weighted by atomic mass is 16.6. The van der Waals surface area contributed by atoms with Crippen LogP contribution in [-0.2, 0) is 11.2 Å². The first-order valence-electron chi connectivity index (χ1n) is 5.56. The Bertz CT molecular complexity index is 415. The zero-order valence-corrected chi connectivity index (χ0v) is 9.99. The number of rotatable bonds is 0. The standard InChI is InChI=1S/C12H18N2O2/c1-12(2,3)16-11(15)14-6-8-4-5-10(13)9(8)7-14/h6-7,10H,4-5,13H2,1-3H3. The van der Waals surface area contributed by atoms with E-state index < -0.39 is 5.60 Å². The van der Waals surface area contributed by atoms with Crippen LogP contribution in [0.15, 0.2) is 12.4 Å². The predicted molar refractivity (Wildman–Crippen MR) is 61.3 cm³/mol. The van der Waals surface area contributed by atoms with Crippen molar-refractivity contribution in [2.75, 3.05) is 0 Å². The van der Waals surface area contributed by atoms with Gasteiger partial charge in [0.25, 0.3) is 0 Å². The Hall–Kier alpha value is -1.29. The van der Waals surface area contributed by atoms with E-state index >= 15 is 0 Å². The van der Waals surface area contributed by atoms with E-state index in [1.54, 1.807) is 6.20 Å². The molecule has 16 heavy (non-hydrogen) atoms. The van der Waals surface area contributed by atoms with Crippen LogP contribution in [0.1, 0.15) is 44.4 Å². The van der Waals surface area contributed by atoms with E-state index in [1.165, 1.54) is 10.1 Å². The van der Waals surface area contributed by atoms with Crippen LogP contribution in [-0.4, -0.2) is 16.3 Å².